The fourth-order valence-electron chi connectivity index (χ4n) is 2.31. The Morgan fingerprint density at radius 3 is 2.48 bits per heavy atom. The van der Waals surface area contributed by atoms with E-state index in [0.29, 0.717) is 12.4 Å². The molecule has 2 N–H and O–H groups in total. The van der Waals surface area contributed by atoms with Crippen LogP contribution in [0.3, 0.4) is 0 Å². The predicted molar refractivity (Wildman–Crippen MR) is 92.4 cm³/mol. The Kier molecular flexibility index (Phi) is 6.98. The molecule has 0 aliphatic carbocycles. The fraction of sp³-hybridized carbons (Fsp3) is 0.263. The molecule has 2 aromatic rings. The third-order valence-corrected chi connectivity index (χ3v) is 3.55. The zero-order valence-corrected chi connectivity index (χ0v) is 14.0. The molecular formula is C19H21NO5. The summed E-state index contributed by atoms with van der Waals surface area (Å²) in [4.78, 5) is 23.3. The second-order valence-corrected chi connectivity index (χ2v) is 5.49. The van der Waals surface area contributed by atoms with E-state index in [4.69, 9.17) is 9.47 Å². The Hall–Kier alpha value is -2.86. The summed E-state index contributed by atoms with van der Waals surface area (Å²) >= 11 is 0. The topological polar surface area (TPSA) is 84.9 Å². The van der Waals surface area contributed by atoms with E-state index in [9.17, 15) is 14.7 Å². The Bertz CT molecular complexity index is 702. The van der Waals surface area contributed by atoms with Crippen molar-refractivity contribution >= 4 is 11.9 Å². The summed E-state index contributed by atoms with van der Waals surface area (Å²) in [5, 5.41) is 11.8. The summed E-state index contributed by atoms with van der Waals surface area (Å²) < 4.78 is 10.4. The van der Waals surface area contributed by atoms with Crippen molar-refractivity contribution in [2.45, 2.75) is 19.1 Å². The summed E-state index contributed by atoms with van der Waals surface area (Å²) in [6, 6.07) is 15.5. The Balaban J connectivity index is 1.85. The largest absolute Gasteiger partial charge is 0.497 e. The van der Waals surface area contributed by atoms with Gasteiger partial charge in [0.15, 0.2) is 0 Å². The maximum absolute atomic E-state index is 11.9. The number of aliphatic carboxylic acids is 1. The molecule has 0 unspecified atom stereocenters. The summed E-state index contributed by atoms with van der Waals surface area (Å²) in [5.74, 6) is -0.926. The van der Waals surface area contributed by atoms with E-state index in [1.54, 1.807) is 31.4 Å². The van der Waals surface area contributed by atoms with Crippen LogP contribution in [-0.2, 0) is 27.4 Å². The maximum atomic E-state index is 11.9. The van der Waals surface area contributed by atoms with E-state index in [-0.39, 0.29) is 13.0 Å². The van der Waals surface area contributed by atoms with Crippen LogP contribution in [0.5, 0.6) is 5.75 Å². The fourth-order valence-corrected chi connectivity index (χ4v) is 2.31. The molecule has 25 heavy (non-hydrogen) atoms. The van der Waals surface area contributed by atoms with Gasteiger partial charge in [-0.15, -0.1) is 0 Å². The van der Waals surface area contributed by atoms with Gasteiger partial charge in [-0.05, 0) is 23.3 Å². The molecule has 0 saturated heterocycles. The van der Waals surface area contributed by atoms with Gasteiger partial charge in [0.05, 0.1) is 13.7 Å². The number of hydrogen-bond donors (Lipinski definition) is 2. The van der Waals surface area contributed by atoms with Gasteiger partial charge in [-0.3, -0.25) is 4.79 Å². The average Bonchev–Trinajstić information content (AvgIpc) is 2.62. The van der Waals surface area contributed by atoms with Gasteiger partial charge in [-0.2, -0.15) is 0 Å². The van der Waals surface area contributed by atoms with Crippen LogP contribution in [0.25, 0.3) is 0 Å². The number of benzene rings is 2. The van der Waals surface area contributed by atoms with E-state index in [2.05, 4.69) is 5.32 Å². The van der Waals surface area contributed by atoms with Crippen molar-refractivity contribution in [3.63, 3.8) is 0 Å². The third-order valence-electron chi connectivity index (χ3n) is 3.55. The molecule has 2 rings (SSSR count). The molecule has 132 valence electrons. The van der Waals surface area contributed by atoms with Crippen molar-refractivity contribution in [2.75, 3.05) is 13.7 Å². The molecule has 0 spiro atoms. The highest BCUT2D eigenvalue weighted by atomic mass is 16.5. The zero-order chi connectivity index (χ0) is 18.1. The lowest BCUT2D eigenvalue weighted by Gasteiger charge is -2.15. The molecule has 0 aliphatic heterocycles. The molecule has 0 radical (unpaired) electrons. The monoisotopic (exact) mass is 343 g/mol. The lowest BCUT2D eigenvalue weighted by atomic mass is 10.1. The van der Waals surface area contributed by atoms with Crippen LogP contribution in [-0.4, -0.2) is 36.7 Å². The van der Waals surface area contributed by atoms with Crippen LogP contribution in [0.4, 0.5) is 0 Å². The molecule has 0 heterocycles. The number of rotatable bonds is 9. The van der Waals surface area contributed by atoms with Crippen LogP contribution in [0.1, 0.15) is 11.1 Å². The average molecular weight is 343 g/mol. The first-order chi connectivity index (χ1) is 12.1. The SMILES string of the molecule is COc1cccc(C[C@@H](NC(=O)COCc2ccccc2)C(=O)O)c1. The van der Waals surface area contributed by atoms with Crippen LogP contribution in [0, 0.1) is 0 Å². The first-order valence-corrected chi connectivity index (χ1v) is 7.85. The molecule has 0 fully saturated rings. The van der Waals surface area contributed by atoms with Crippen LogP contribution in [0.15, 0.2) is 54.6 Å². The molecule has 6 nitrogen and oxygen atoms in total. The van der Waals surface area contributed by atoms with Crippen molar-refractivity contribution in [3.05, 3.63) is 65.7 Å². The lowest BCUT2D eigenvalue weighted by molar-refractivity contribution is -0.142. The number of amides is 1. The highest BCUT2D eigenvalue weighted by molar-refractivity contribution is 5.84. The molecule has 2 aromatic carbocycles. The van der Waals surface area contributed by atoms with E-state index in [1.165, 1.54) is 0 Å². The highest BCUT2D eigenvalue weighted by Gasteiger charge is 2.20. The number of methoxy groups -OCH3 is 1. The molecule has 6 heteroatoms. The molecule has 1 atom stereocenters. The van der Waals surface area contributed by atoms with Gasteiger partial charge in [-0.25, -0.2) is 4.79 Å². The standard InChI is InChI=1S/C19H21NO5/c1-24-16-9-5-8-15(10-16)11-17(19(22)23)20-18(21)13-25-12-14-6-3-2-4-7-14/h2-10,17H,11-13H2,1H3,(H,20,21)(H,22,23)/t17-/m1/s1. The van der Waals surface area contributed by atoms with Gasteiger partial charge >= 0.3 is 5.97 Å². The van der Waals surface area contributed by atoms with E-state index < -0.39 is 17.9 Å². The minimum atomic E-state index is -1.10. The second-order valence-electron chi connectivity index (χ2n) is 5.49. The second kappa shape index (κ2) is 9.44. The first kappa shape index (κ1) is 18.5. The summed E-state index contributed by atoms with van der Waals surface area (Å²) in [5.41, 5.74) is 1.71. The highest BCUT2D eigenvalue weighted by Crippen LogP contribution is 2.14. The number of ether oxygens (including phenoxy) is 2. The number of carbonyl (C=O) groups is 2. The maximum Gasteiger partial charge on any atom is 0.326 e. The predicted octanol–water partition coefficient (Wildman–Crippen LogP) is 2.02. The van der Waals surface area contributed by atoms with Gasteiger partial charge in [0.25, 0.3) is 0 Å². The van der Waals surface area contributed by atoms with Crippen molar-refractivity contribution in [3.8, 4) is 5.75 Å². The molecule has 0 aromatic heterocycles. The van der Waals surface area contributed by atoms with Crippen molar-refractivity contribution in [2.24, 2.45) is 0 Å². The minimum absolute atomic E-state index is 0.164. The Morgan fingerprint density at radius 1 is 1.08 bits per heavy atom. The molecule has 0 aliphatic rings. The molecular weight excluding hydrogens is 322 g/mol. The van der Waals surface area contributed by atoms with Gasteiger partial charge in [0.2, 0.25) is 5.91 Å². The van der Waals surface area contributed by atoms with Crippen molar-refractivity contribution < 1.29 is 24.2 Å². The molecule has 1 amide bonds. The van der Waals surface area contributed by atoms with Crippen LogP contribution in [0.2, 0.25) is 0 Å². The number of carbonyl (C=O) groups excluding carboxylic acids is 1. The van der Waals surface area contributed by atoms with E-state index in [0.717, 1.165) is 11.1 Å². The summed E-state index contributed by atoms with van der Waals surface area (Å²) in [6.45, 7) is 0.0959. The van der Waals surface area contributed by atoms with E-state index >= 15 is 0 Å². The Morgan fingerprint density at radius 2 is 1.80 bits per heavy atom. The number of nitrogens with one attached hydrogen (secondary N) is 1. The lowest BCUT2D eigenvalue weighted by Crippen LogP contribution is -2.43. The smallest absolute Gasteiger partial charge is 0.326 e. The quantitative estimate of drug-likeness (QED) is 0.728. The van der Waals surface area contributed by atoms with Crippen molar-refractivity contribution in [1.29, 1.82) is 0 Å². The number of carboxylic acid groups (broad SMARTS) is 1. The number of carboxylic acids is 1. The molecule has 0 bridgehead atoms. The Labute approximate surface area is 146 Å². The minimum Gasteiger partial charge on any atom is -0.497 e. The summed E-state index contributed by atoms with van der Waals surface area (Å²) in [6.07, 6.45) is 0.164. The van der Waals surface area contributed by atoms with Gasteiger partial charge < -0.3 is 19.9 Å². The normalized spacial score (nSPS) is 11.6. The van der Waals surface area contributed by atoms with Gasteiger partial charge in [0.1, 0.15) is 18.4 Å². The number of hydrogen-bond acceptors (Lipinski definition) is 4. The first-order valence-electron chi connectivity index (χ1n) is 7.85. The summed E-state index contributed by atoms with van der Waals surface area (Å²) in [7, 11) is 1.54. The van der Waals surface area contributed by atoms with Crippen LogP contribution < -0.4 is 10.1 Å². The van der Waals surface area contributed by atoms with Gasteiger partial charge in [0, 0.05) is 6.42 Å². The van der Waals surface area contributed by atoms with E-state index in [1.807, 2.05) is 30.3 Å². The third kappa shape index (κ3) is 6.27. The van der Waals surface area contributed by atoms with Crippen LogP contribution >= 0.6 is 0 Å². The van der Waals surface area contributed by atoms with Gasteiger partial charge in [-0.1, -0.05) is 42.5 Å². The van der Waals surface area contributed by atoms with Crippen molar-refractivity contribution in [1.82, 2.24) is 5.32 Å². The molecule has 0 saturated carbocycles. The zero-order valence-electron chi connectivity index (χ0n) is 14.0.